The molecule has 0 saturated heterocycles. The zero-order chi connectivity index (χ0) is 26.9. The number of rotatable bonds is 6. The smallest absolute Gasteiger partial charge is 0.369 e. The van der Waals surface area contributed by atoms with E-state index in [1.165, 1.54) is 48.5 Å². The van der Waals surface area contributed by atoms with Gasteiger partial charge in [0.25, 0.3) is 5.60 Å². The van der Waals surface area contributed by atoms with Crippen LogP contribution in [0.3, 0.4) is 0 Å². The van der Waals surface area contributed by atoms with E-state index in [0.29, 0.717) is 23.4 Å². The highest BCUT2D eigenvalue weighted by Crippen LogP contribution is 2.50. The van der Waals surface area contributed by atoms with Crippen LogP contribution in [0.2, 0.25) is 0 Å². The molecule has 0 bridgehead atoms. The summed E-state index contributed by atoms with van der Waals surface area (Å²) in [5.74, 6) is -1.87. The lowest BCUT2D eigenvalue weighted by molar-refractivity contribution is -0.376. The van der Waals surface area contributed by atoms with Gasteiger partial charge in [0.15, 0.2) is 5.69 Å². The second-order valence-corrected chi connectivity index (χ2v) is 9.34. The average molecular weight is 532 g/mol. The highest BCUT2D eigenvalue weighted by Gasteiger charge is 2.71. The number of halogens is 7. The highest BCUT2D eigenvalue weighted by atomic mass is 32.2. The molecule has 190 valence electrons. The van der Waals surface area contributed by atoms with E-state index in [9.17, 15) is 44.3 Å². The second-order valence-electron chi connectivity index (χ2n) is 7.62. The van der Waals surface area contributed by atoms with Crippen molar-refractivity contribution in [3.05, 3.63) is 95.1 Å². The monoisotopic (exact) mass is 532 g/mol. The van der Waals surface area contributed by atoms with Gasteiger partial charge in [-0.25, -0.2) is 17.7 Å². The van der Waals surface area contributed by atoms with E-state index in [1.54, 1.807) is 0 Å². The van der Waals surface area contributed by atoms with Crippen molar-refractivity contribution in [1.29, 1.82) is 0 Å². The van der Waals surface area contributed by atoms with Gasteiger partial charge >= 0.3 is 12.4 Å². The van der Waals surface area contributed by atoms with Gasteiger partial charge in [-0.1, -0.05) is 48.5 Å². The molecule has 2 N–H and O–H groups in total. The molecule has 0 aliphatic carbocycles. The fourth-order valence-electron chi connectivity index (χ4n) is 3.28. The van der Waals surface area contributed by atoms with Gasteiger partial charge in [0.2, 0.25) is 10.0 Å². The van der Waals surface area contributed by atoms with Crippen LogP contribution in [0, 0.1) is 12.4 Å². The molecule has 13 heteroatoms. The molecule has 0 spiro atoms. The van der Waals surface area contributed by atoms with Crippen molar-refractivity contribution in [2.24, 2.45) is 0 Å². The summed E-state index contributed by atoms with van der Waals surface area (Å²) >= 11 is 0. The van der Waals surface area contributed by atoms with E-state index in [2.05, 4.69) is 9.57 Å². The minimum Gasteiger partial charge on any atom is -0.369 e. The van der Waals surface area contributed by atoms with Gasteiger partial charge in [-0.05, 0) is 29.3 Å². The predicted molar refractivity (Wildman–Crippen MR) is 117 cm³/mol. The summed E-state index contributed by atoms with van der Waals surface area (Å²) in [6.07, 6.45) is -12.3. The summed E-state index contributed by atoms with van der Waals surface area (Å²) in [6.45, 7) is 6.89. The Morgan fingerprint density at radius 1 is 0.861 bits per heavy atom. The van der Waals surface area contributed by atoms with E-state index in [1.807, 2.05) is 0 Å². The first-order valence-corrected chi connectivity index (χ1v) is 11.5. The van der Waals surface area contributed by atoms with Crippen molar-refractivity contribution in [2.45, 2.75) is 23.7 Å². The molecule has 0 aliphatic heterocycles. The maximum atomic E-state index is 14.5. The molecule has 0 heterocycles. The van der Waals surface area contributed by atoms with E-state index in [4.69, 9.17) is 6.57 Å². The largest absolute Gasteiger partial charge is 0.430 e. The predicted octanol–water partition coefficient (Wildman–Crippen LogP) is 6.30. The van der Waals surface area contributed by atoms with Crippen LogP contribution >= 0.6 is 0 Å². The first-order chi connectivity index (χ1) is 16.6. The fourth-order valence-corrected chi connectivity index (χ4v) is 4.48. The number of nitrogens with one attached hydrogen (secondary N) is 1. The quantitative estimate of drug-likeness (QED) is 0.289. The third-order valence-electron chi connectivity index (χ3n) is 5.10. The molecule has 36 heavy (non-hydrogen) atoms. The van der Waals surface area contributed by atoms with E-state index >= 15 is 0 Å². The molecular formula is C23H15F7N2O3S. The lowest BCUT2D eigenvalue weighted by Gasteiger charge is -2.32. The topological polar surface area (TPSA) is 70.8 Å². The van der Waals surface area contributed by atoms with Crippen molar-refractivity contribution < 1.29 is 44.3 Å². The number of sulfonamides is 1. The molecule has 5 nitrogen and oxygen atoms in total. The SMILES string of the molecule is [C-]#[N+]c1ccc(CS(=O)(=O)Nc2ccc(-c3ccc(C(O)(C(F)(F)F)C(F)(F)F)cc3F)cc2)cc1. The molecule has 0 radical (unpaired) electrons. The number of hydrogen-bond donors (Lipinski definition) is 2. The maximum Gasteiger partial charge on any atom is 0.430 e. The molecule has 0 unspecified atom stereocenters. The molecule has 0 saturated carbocycles. The normalized spacial score (nSPS) is 12.8. The van der Waals surface area contributed by atoms with E-state index < -0.39 is 45.1 Å². The van der Waals surface area contributed by atoms with Crippen LogP contribution in [0.5, 0.6) is 0 Å². The molecule has 0 aromatic heterocycles. The third kappa shape index (κ3) is 5.44. The van der Waals surface area contributed by atoms with Gasteiger partial charge in [0, 0.05) is 16.8 Å². The summed E-state index contributed by atoms with van der Waals surface area (Å²) in [5, 5.41) is 9.42. The van der Waals surface area contributed by atoms with Gasteiger partial charge < -0.3 is 5.11 Å². The Kier molecular flexibility index (Phi) is 7.07. The molecular weight excluding hydrogens is 517 g/mol. The molecule has 0 aliphatic rings. The van der Waals surface area contributed by atoms with Crippen LogP contribution in [0.15, 0.2) is 66.7 Å². The Labute approximate surface area is 200 Å². The van der Waals surface area contributed by atoms with E-state index in [-0.39, 0.29) is 22.9 Å². The van der Waals surface area contributed by atoms with Gasteiger partial charge in [-0.2, -0.15) is 26.3 Å². The summed E-state index contributed by atoms with van der Waals surface area (Å²) in [7, 11) is -3.89. The van der Waals surface area contributed by atoms with Crippen molar-refractivity contribution in [1.82, 2.24) is 0 Å². The summed E-state index contributed by atoms with van der Waals surface area (Å²) in [4.78, 5) is 3.20. The molecule has 0 amide bonds. The van der Waals surface area contributed by atoms with Crippen molar-refractivity contribution >= 4 is 21.4 Å². The number of aliphatic hydroxyl groups is 1. The summed E-state index contributed by atoms with van der Waals surface area (Å²) in [6, 6.07) is 11.6. The molecule has 3 rings (SSSR count). The Morgan fingerprint density at radius 2 is 1.42 bits per heavy atom. The van der Waals surface area contributed by atoms with Crippen LogP contribution in [0.4, 0.5) is 42.1 Å². The number of anilines is 1. The molecule has 0 fully saturated rings. The van der Waals surface area contributed by atoms with Crippen LogP contribution in [0.25, 0.3) is 16.0 Å². The minimum absolute atomic E-state index is 0.0271. The number of alkyl halides is 6. The summed E-state index contributed by atoms with van der Waals surface area (Å²) < 4.78 is 120. The lowest BCUT2D eigenvalue weighted by Crippen LogP contribution is -2.53. The van der Waals surface area contributed by atoms with Crippen LogP contribution in [-0.2, 0) is 21.4 Å². The highest BCUT2D eigenvalue weighted by molar-refractivity contribution is 7.91. The van der Waals surface area contributed by atoms with E-state index in [0.717, 1.165) is 0 Å². The van der Waals surface area contributed by atoms with Crippen molar-refractivity contribution in [3.8, 4) is 11.1 Å². The standard InChI is InChI=1S/C23H15F7N2O3S/c1-31-17-7-2-14(3-8-17)13-36(34,35)32-18-9-4-15(5-10-18)19-11-6-16(12-20(19)24)21(33,22(25,26)27)23(28,29)30/h2-12,32-33H,13H2. The molecule has 0 atom stereocenters. The third-order valence-corrected chi connectivity index (χ3v) is 6.36. The minimum atomic E-state index is -6.16. The molecule has 3 aromatic rings. The second kappa shape index (κ2) is 9.44. The van der Waals surface area contributed by atoms with Gasteiger partial charge in [-0.15, -0.1) is 0 Å². The first-order valence-electron chi connectivity index (χ1n) is 9.80. The zero-order valence-corrected chi connectivity index (χ0v) is 18.6. The van der Waals surface area contributed by atoms with Crippen LogP contribution in [0.1, 0.15) is 11.1 Å². The fraction of sp³-hybridized carbons (Fsp3) is 0.174. The Balaban J connectivity index is 1.82. The number of benzene rings is 3. The van der Waals surface area contributed by atoms with Gasteiger partial charge in [0.05, 0.1) is 12.3 Å². The van der Waals surface area contributed by atoms with Crippen molar-refractivity contribution in [3.63, 3.8) is 0 Å². The maximum absolute atomic E-state index is 14.5. The van der Waals surface area contributed by atoms with Crippen LogP contribution in [-0.4, -0.2) is 25.9 Å². The summed E-state index contributed by atoms with van der Waals surface area (Å²) in [5.41, 5.74) is -6.54. The number of nitrogens with zero attached hydrogens (tertiary/aromatic N) is 1. The van der Waals surface area contributed by atoms with Gasteiger partial charge in [0.1, 0.15) is 5.82 Å². The van der Waals surface area contributed by atoms with Crippen LogP contribution < -0.4 is 4.72 Å². The molecule has 3 aromatic carbocycles. The Bertz CT molecular complexity index is 1380. The van der Waals surface area contributed by atoms with Gasteiger partial charge in [-0.3, -0.25) is 4.72 Å². The Hall–Kier alpha value is -3.63. The number of hydrogen-bond acceptors (Lipinski definition) is 3. The first kappa shape index (κ1) is 27.0. The van der Waals surface area contributed by atoms with Crippen molar-refractivity contribution in [2.75, 3.05) is 4.72 Å². The Morgan fingerprint density at radius 3 is 1.89 bits per heavy atom. The lowest BCUT2D eigenvalue weighted by atomic mass is 9.90. The zero-order valence-electron chi connectivity index (χ0n) is 17.8. The average Bonchev–Trinajstić information content (AvgIpc) is 2.77.